The van der Waals surface area contributed by atoms with Gasteiger partial charge in [0.2, 0.25) is 0 Å². The lowest BCUT2D eigenvalue weighted by Gasteiger charge is -2.23. The number of nitrogen functional groups attached to an aromatic ring is 1. The number of aliphatic hydroxyl groups excluding tert-OH is 1. The van der Waals surface area contributed by atoms with Gasteiger partial charge in [-0.15, -0.1) is 0 Å². The number of hydrogen-bond acceptors (Lipinski definition) is 4. The highest BCUT2D eigenvalue weighted by atomic mass is 19.4. The summed E-state index contributed by atoms with van der Waals surface area (Å²) in [5.41, 5.74) is 6.09. The summed E-state index contributed by atoms with van der Waals surface area (Å²) in [4.78, 5) is 16.3. The fourth-order valence-electron chi connectivity index (χ4n) is 1.52. The minimum Gasteiger partial charge on any atom is -0.398 e. The first-order valence-electron chi connectivity index (χ1n) is 5.43. The predicted octanol–water partition coefficient (Wildman–Crippen LogP) is 0.969. The maximum atomic E-state index is 12.3. The molecule has 0 aliphatic heterocycles. The van der Waals surface area contributed by atoms with Crippen LogP contribution < -0.4 is 5.73 Å². The van der Waals surface area contributed by atoms with E-state index < -0.39 is 31.8 Å². The average Bonchev–Trinajstić information content (AvgIpc) is 2.26. The van der Waals surface area contributed by atoms with E-state index in [0.717, 1.165) is 6.20 Å². The third-order valence-electron chi connectivity index (χ3n) is 2.33. The van der Waals surface area contributed by atoms with Crippen LogP contribution in [0.15, 0.2) is 12.3 Å². The molecule has 3 N–H and O–H groups in total. The van der Waals surface area contributed by atoms with Gasteiger partial charge in [-0.05, 0) is 13.0 Å². The SMILES string of the molecule is Cc1cc(N)c(C(=O)N(CCO)CC(F)(F)F)cn1. The summed E-state index contributed by atoms with van der Waals surface area (Å²) in [6.45, 7) is -0.793. The average molecular weight is 277 g/mol. The molecular weight excluding hydrogens is 263 g/mol. The molecule has 1 rings (SSSR count). The maximum Gasteiger partial charge on any atom is 0.406 e. The number of aryl methyl sites for hydroxylation is 1. The molecule has 106 valence electrons. The molecule has 8 heteroatoms. The number of rotatable bonds is 4. The number of pyridine rings is 1. The second-order valence-electron chi connectivity index (χ2n) is 3.98. The number of alkyl halides is 3. The van der Waals surface area contributed by atoms with Crippen LogP contribution in [-0.2, 0) is 0 Å². The largest absolute Gasteiger partial charge is 0.406 e. The molecule has 0 aliphatic carbocycles. The third-order valence-corrected chi connectivity index (χ3v) is 2.33. The molecule has 19 heavy (non-hydrogen) atoms. The summed E-state index contributed by atoms with van der Waals surface area (Å²) in [6.07, 6.45) is -3.41. The molecule has 1 heterocycles. The smallest absolute Gasteiger partial charge is 0.398 e. The van der Waals surface area contributed by atoms with Crippen LogP contribution in [0.4, 0.5) is 18.9 Å². The predicted molar refractivity (Wildman–Crippen MR) is 62.4 cm³/mol. The number of nitrogens with zero attached hydrogens (tertiary/aromatic N) is 2. The molecule has 0 fully saturated rings. The molecule has 1 aromatic heterocycles. The Labute approximate surface area is 107 Å². The Morgan fingerprint density at radius 1 is 1.53 bits per heavy atom. The normalized spacial score (nSPS) is 11.4. The van der Waals surface area contributed by atoms with E-state index >= 15 is 0 Å². The number of amides is 1. The number of hydrogen-bond donors (Lipinski definition) is 2. The van der Waals surface area contributed by atoms with E-state index in [1.807, 2.05) is 0 Å². The van der Waals surface area contributed by atoms with Crippen molar-refractivity contribution in [1.29, 1.82) is 0 Å². The second kappa shape index (κ2) is 5.87. The quantitative estimate of drug-likeness (QED) is 0.859. The molecule has 0 aromatic carbocycles. The zero-order valence-corrected chi connectivity index (χ0v) is 10.2. The third kappa shape index (κ3) is 4.40. The van der Waals surface area contributed by atoms with Gasteiger partial charge in [-0.25, -0.2) is 0 Å². The van der Waals surface area contributed by atoms with Crippen molar-refractivity contribution >= 4 is 11.6 Å². The minimum absolute atomic E-state index is 0.0580. The van der Waals surface area contributed by atoms with Gasteiger partial charge in [0.25, 0.3) is 5.91 Å². The van der Waals surface area contributed by atoms with Gasteiger partial charge >= 0.3 is 6.18 Å². The van der Waals surface area contributed by atoms with Crippen LogP contribution in [0, 0.1) is 6.92 Å². The fraction of sp³-hybridized carbons (Fsp3) is 0.455. The first-order chi connectivity index (χ1) is 8.74. The van der Waals surface area contributed by atoms with Crippen LogP contribution in [0.3, 0.4) is 0 Å². The van der Waals surface area contributed by atoms with Gasteiger partial charge in [-0.1, -0.05) is 0 Å². The van der Waals surface area contributed by atoms with Crippen LogP contribution in [0.25, 0.3) is 0 Å². The highest BCUT2D eigenvalue weighted by molar-refractivity contribution is 5.98. The lowest BCUT2D eigenvalue weighted by atomic mass is 10.2. The summed E-state index contributed by atoms with van der Waals surface area (Å²) < 4.78 is 37.0. The lowest BCUT2D eigenvalue weighted by molar-refractivity contribution is -0.141. The van der Waals surface area contributed by atoms with Crippen molar-refractivity contribution < 1.29 is 23.1 Å². The molecule has 1 amide bonds. The van der Waals surface area contributed by atoms with E-state index in [0.29, 0.717) is 10.6 Å². The number of carbonyl (C=O) groups excluding carboxylic acids is 1. The summed E-state index contributed by atoms with van der Waals surface area (Å²) in [5, 5.41) is 8.73. The van der Waals surface area contributed by atoms with Gasteiger partial charge in [-0.2, -0.15) is 13.2 Å². The molecule has 0 atom stereocenters. The number of halogens is 3. The summed E-state index contributed by atoms with van der Waals surface area (Å²) in [6, 6.07) is 1.40. The Balaban J connectivity index is 2.99. The van der Waals surface area contributed by atoms with Gasteiger partial charge < -0.3 is 15.7 Å². The first-order valence-corrected chi connectivity index (χ1v) is 5.43. The van der Waals surface area contributed by atoms with Crippen molar-refractivity contribution in [2.45, 2.75) is 13.1 Å². The maximum absolute atomic E-state index is 12.3. The summed E-state index contributed by atoms with van der Waals surface area (Å²) >= 11 is 0. The number of aromatic nitrogens is 1. The van der Waals surface area contributed by atoms with Crippen LogP contribution in [-0.4, -0.2) is 46.8 Å². The molecule has 0 bridgehead atoms. The van der Waals surface area contributed by atoms with E-state index in [9.17, 15) is 18.0 Å². The zero-order valence-electron chi connectivity index (χ0n) is 10.2. The van der Waals surface area contributed by atoms with Crippen molar-refractivity contribution in [1.82, 2.24) is 9.88 Å². The van der Waals surface area contributed by atoms with Crippen LogP contribution >= 0.6 is 0 Å². The summed E-state index contributed by atoms with van der Waals surface area (Å²) in [7, 11) is 0. The Morgan fingerprint density at radius 2 is 2.16 bits per heavy atom. The highest BCUT2D eigenvalue weighted by Crippen LogP contribution is 2.20. The van der Waals surface area contributed by atoms with Gasteiger partial charge in [0, 0.05) is 24.1 Å². The fourth-order valence-corrected chi connectivity index (χ4v) is 1.52. The second-order valence-corrected chi connectivity index (χ2v) is 3.98. The topological polar surface area (TPSA) is 79.5 Å². The van der Waals surface area contributed by atoms with E-state index in [1.165, 1.54) is 6.07 Å². The monoisotopic (exact) mass is 277 g/mol. The standard InChI is InChI=1S/C11H14F3N3O2/c1-7-4-9(15)8(5-16-7)10(19)17(2-3-18)6-11(12,13)14/h4-5,18H,2-3,6H2,1H3,(H2,15,16). The van der Waals surface area contributed by atoms with Gasteiger partial charge in [-0.3, -0.25) is 9.78 Å². The van der Waals surface area contributed by atoms with Crippen molar-refractivity contribution in [2.24, 2.45) is 0 Å². The molecule has 1 aromatic rings. The molecular formula is C11H14F3N3O2. The van der Waals surface area contributed by atoms with Crippen molar-refractivity contribution in [3.63, 3.8) is 0 Å². The van der Waals surface area contributed by atoms with Crippen molar-refractivity contribution in [2.75, 3.05) is 25.4 Å². The first kappa shape index (κ1) is 15.2. The molecule has 0 unspecified atom stereocenters. The summed E-state index contributed by atoms with van der Waals surface area (Å²) in [5.74, 6) is -0.906. The van der Waals surface area contributed by atoms with Crippen LogP contribution in [0.2, 0.25) is 0 Å². The van der Waals surface area contributed by atoms with Gasteiger partial charge in [0.1, 0.15) is 6.54 Å². The van der Waals surface area contributed by atoms with E-state index in [-0.39, 0.29) is 11.3 Å². The number of anilines is 1. The van der Waals surface area contributed by atoms with E-state index in [1.54, 1.807) is 6.92 Å². The number of nitrogens with two attached hydrogens (primary N) is 1. The van der Waals surface area contributed by atoms with E-state index in [4.69, 9.17) is 10.8 Å². The molecule has 0 saturated carbocycles. The Kier molecular flexibility index (Phi) is 4.71. The van der Waals surface area contributed by atoms with Crippen molar-refractivity contribution in [3.8, 4) is 0 Å². The molecule has 0 radical (unpaired) electrons. The minimum atomic E-state index is -4.54. The molecule has 0 saturated heterocycles. The number of aliphatic hydroxyl groups is 1. The Hall–Kier alpha value is -1.83. The van der Waals surface area contributed by atoms with Gasteiger partial charge in [0.05, 0.1) is 12.2 Å². The number of carbonyl (C=O) groups is 1. The van der Waals surface area contributed by atoms with E-state index in [2.05, 4.69) is 4.98 Å². The van der Waals surface area contributed by atoms with Crippen LogP contribution in [0.5, 0.6) is 0 Å². The van der Waals surface area contributed by atoms with Gasteiger partial charge in [0.15, 0.2) is 0 Å². The van der Waals surface area contributed by atoms with Crippen LogP contribution in [0.1, 0.15) is 16.1 Å². The highest BCUT2D eigenvalue weighted by Gasteiger charge is 2.33. The molecule has 0 aliphatic rings. The van der Waals surface area contributed by atoms with Crippen molar-refractivity contribution in [3.05, 3.63) is 23.5 Å². The zero-order chi connectivity index (χ0) is 14.6. The Morgan fingerprint density at radius 3 is 2.63 bits per heavy atom. The Bertz CT molecular complexity index is 463. The lowest BCUT2D eigenvalue weighted by Crippen LogP contribution is -2.41. The molecule has 5 nitrogen and oxygen atoms in total. The molecule has 0 spiro atoms.